The van der Waals surface area contributed by atoms with Crippen molar-refractivity contribution in [3.63, 3.8) is 0 Å². The SMILES string of the molecule is Cc1ccc(C(C)NC(=O)N2CCS(=O)(=O)CC2c2cnn(C)c2)o1. The van der Waals surface area contributed by atoms with Gasteiger partial charge in [-0.05, 0) is 26.0 Å². The Labute approximate surface area is 146 Å². The number of hydrogen-bond donors (Lipinski definition) is 1. The van der Waals surface area contributed by atoms with Crippen LogP contribution < -0.4 is 5.32 Å². The van der Waals surface area contributed by atoms with E-state index in [4.69, 9.17) is 4.42 Å². The fourth-order valence-corrected chi connectivity index (χ4v) is 4.46. The predicted molar refractivity (Wildman–Crippen MR) is 91.7 cm³/mol. The zero-order valence-electron chi connectivity index (χ0n) is 14.5. The van der Waals surface area contributed by atoms with Gasteiger partial charge in [0.15, 0.2) is 9.84 Å². The first-order valence-electron chi connectivity index (χ1n) is 8.07. The second-order valence-electron chi connectivity index (χ2n) is 6.39. The van der Waals surface area contributed by atoms with Gasteiger partial charge in [-0.15, -0.1) is 0 Å². The zero-order chi connectivity index (χ0) is 18.2. The Morgan fingerprint density at radius 3 is 2.80 bits per heavy atom. The lowest BCUT2D eigenvalue weighted by Crippen LogP contribution is -2.50. The van der Waals surface area contributed by atoms with Crippen LogP contribution in [0.5, 0.6) is 0 Å². The van der Waals surface area contributed by atoms with E-state index in [1.54, 1.807) is 29.0 Å². The molecule has 1 aliphatic rings. The van der Waals surface area contributed by atoms with E-state index in [9.17, 15) is 13.2 Å². The van der Waals surface area contributed by atoms with E-state index in [0.29, 0.717) is 11.3 Å². The molecular formula is C16H22N4O4S. The fraction of sp³-hybridized carbons (Fsp3) is 0.500. The van der Waals surface area contributed by atoms with Crippen molar-refractivity contribution in [2.24, 2.45) is 7.05 Å². The maximum atomic E-state index is 12.7. The number of sulfone groups is 1. The number of hydrogen-bond acceptors (Lipinski definition) is 5. The quantitative estimate of drug-likeness (QED) is 0.889. The molecule has 1 N–H and O–H groups in total. The van der Waals surface area contributed by atoms with E-state index in [1.165, 1.54) is 0 Å². The summed E-state index contributed by atoms with van der Waals surface area (Å²) in [5.74, 6) is 1.30. The number of furan rings is 1. The standard InChI is InChI=1S/C16H22N4O4S/c1-11-4-5-15(24-11)12(2)18-16(21)20-6-7-25(22,23)10-14(20)13-8-17-19(3)9-13/h4-5,8-9,12,14H,6-7,10H2,1-3H3,(H,18,21). The first-order valence-corrected chi connectivity index (χ1v) is 9.90. The van der Waals surface area contributed by atoms with Crippen LogP contribution in [-0.4, -0.2) is 47.2 Å². The number of aryl methyl sites for hydroxylation is 2. The van der Waals surface area contributed by atoms with Gasteiger partial charge in [-0.3, -0.25) is 4.68 Å². The molecule has 3 rings (SSSR count). The molecule has 0 bridgehead atoms. The van der Waals surface area contributed by atoms with Crippen molar-refractivity contribution in [1.29, 1.82) is 0 Å². The summed E-state index contributed by atoms with van der Waals surface area (Å²) < 4.78 is 31.2. The predicted octanol–water partition coefficient (Wildman–Crippen LogP) is 1.56. The molecule has 1 fully saturated rings. The van der Waals surface area contributed by atoms with Gasteiger partial charge in [0.1, 0.15) is 11.5 Å². The number of carbonyl (C=O) groups excluding carboxylic acids is 1. The lowest BCUT2D eigenvalue weighted by atomic mass is 10.1. The van der Waals surface area contributed by atoms with Crippen molar-refractivity contribution in [3.05, 3.63) is 41.6 Å². The van der Waals surface area contributed by atoms with Gasteiger partial charge in [-0.25, -0.2) is 13.2 Å². The number of nitrogens with one attached hydrogen (secondary N) is 1. The minimum atomic E-state index is -3.19. The van der Waals surface area contributed by atoms with Crippen LogP contribution in [-0.2, 0) is 16.9 Å². The molecule has 2 atom stereocenters. The maximum Gasteiger partial charge on any atom is 0.318 e. The lowest BCUT2D eigenvalue weighted by molar-refractivity contribution is 0.176. The fourth-order valence-electron chi connectivity index (χ4n) is 2.96. The lowest BCUT2D eigenvalue weighted by Gasteiger charge is -2.35. The van der Waals surface area contributed by atoms with E-state index in [-0.39, 0.29) is 30.1 Å². The average Bonchev–Trinajstić information content (AvgIpc) is 3.14. The summed E-state index contributed by atoms with van der Waals surface area (Å²) in [6, 6.07) is 2.49. The van der Waals surface area contributed by atoms with E-state index in [1.807, 2.05) is 26.0 Å². The van der Waals surface area contributed by atoms with Crippen molar-refractivity contribution >= 4 is 15.9 Å². The third-order valence-electron chi connectivity index (χ3n) is 4.33. The molecule has 2 amide bonds. The summed E-state index contributed by atoms with van der Waals surface area (Å²) in [6.45, 7) is 3.82. The van der Waals surface area contributed by atoms with Crippen LogP contribution in [0.25, 0.3) is 0 Å². The molecule has 8 nitrogen and oxygen atoms in total. The Kier molecular flexibility index (Phi) is 4.59. The largest absolute Gasteiger partial charge is 0.464 e. The molecule has 0 aromatic carbocycles. The van der Waals surface area contributed by atoms with Gasteiger partial charge < -0.3 is 14.6 Å². The summed E-state index contributed by atoms with van der Waals surface area (Å²) in [6.07, 6.45) is 3.34. The van der Waals surface area contributed by atoms with Crippen molar-refractivity contribution < 1.29 is 17.6 Å². The second kappa shape index (κ2) is 6.55. The van der Waals surface area contributed by atoms with Crippen LogP contribution in [0.4, 0.5) is 4.79 Å². The maximum absolute atomic E-state index is 12.7. The molecule has 9 heteroatoms. The normalized spacial score (nSPS) is 21.1. The summed E-state index contributed by atoms with van der Waals surface area (Å²) in [5.41, 5.74) is 0.711. The molecule has 2 aromatic rings. The van der Waals surface area contributed by atoms with Crippen LogP contribution >= 0.6 is 0 Å². The molecule has 0 spiro atoms. The molecule has 0 radical (unpaired) electrons. The molecule has 2 unspecified atom stereocenters. The summed E-state index contributed by atoms with van der Waals surface area (Å²) in [5, 5.41) is 6.98. The van der Waals surface area contributed by atoms with E-state index in [0.717, 1.165) is 5.76 Å². The average molecular weight is 366 g/mol. The van der Waals surface area contributed by atoms with Crippen LogP contribution in [0, 0.1) is 6.92 Å². The number of aromatic nitrogens is 2. The highest BCUT2D eigenvalue weighted by molar-refractivity contribution is 7.91. The van der Waals surface area contributed by atoms with Gasteiger partial charge in [-0.1, -0.05) is 0 Å². The Hall–Kier alpha value is -2.29. The van der Waals surface area contributed by atoms with Crippen LogP contribution in [0.2, 0.25) is 0 Å². The first-order chi connectivity index (χ1) is 11.7. The van der Waals surface area contributed by atoms with Crippen molar-refractivity contribution in [1.82, 2.24) is 20.0 Å². The molecule has 0 aliphatic carbocycles. The number of urea groups is 1. The van der Waals surface area contributed by atoms with Gasteiger partial charge >= 0.3 is 6.03 Å². The number of nitrogens with zero attached hydrogens (tertiary/aromatic N) is 3. The van der Waals surface area contributed by atoms with Gasteiger partial charge in [0.05, 0.1) is 29.8 Å². The van der Waals surface area contributed by atoms with Crippen LogP contribution in [0.3, 0.4) is 0 Å². The van der Waals surface area contributed by atoms with Gasteiger partial charge in [0.2, 0.25) is 0 Å². The van der Waals surface area contributed by atoms with Gasteiger partial charge in [0, 0.05) is 25.4 Å². The van der Waals surface area contributed by atoms with E-state index in [2.05, 4.69) is 10.4 Å². The van der Waals surface area contributed by atoms with Crippen molar-refractivity contribution in [2.75, 3.05) is 18.1 Å². The molecule has 2 aromatic heterocycles. The topological polar surface area (TPSA) is 97.4 Å². The van der Waals surface area contributed by atoms with Crippen molar-refractivity contribution in [2.45, 2.75) is 25.9 Å². The zero-order valence-corrected chi connectivity index (χ0v) is 15.3. The second-order valence-corrected chi connectivity index (χ2v) is 8.62. The number of carbonyl (C=O) groups is 1. The van der Waals surface area contributed by atoms with Gasteiger partial charge in [0.25, 0.3) is 0 Å². The minimum Gasteiger partial charge on any atom is -0.464 e. The summed E-state index contributed by atoms with van der Waals surface area (Å²) >= 11 is 0. The molecule has 3 heterocycles. The van der Waals surface area contributed by atoms with Crippen LogP contribution in [0.15, 0.2) is 28.9 Å². The molecule has 0 saturated carbocycles. The Morgan fingerprint density at radius 2 is 2.20 bits per heavy atom. The smallest absolute Gasteiger partial charge is 0.318 e. The molecule has 1 aliphatic heterocycles. The summed E-state index contributed by atoms with van der Waals surface area (Å²) in [7, 11) is -1.44. The van der Waals surface area contributed by atoms with Crippen molar-refractivity contribution in [3.8, 4) is 0 Å². The molecule has 25 heavy (non-hydrogen) atoms. The van der Waals surface area contributed by atoms with Gasteiger partial charge in [-0.2, -0.15) is 5.10 Å². The molecular weight excluding hydrogens is 344 g/mol. The Balaban J connectivity index is 1.79. The summed E-state index contributed by atoms with van der Waals surface area (Å²) in [4.78, 5) is 14.3. The third-order valence-corrected chi connectivity index (χ3v) is 5.96. The Bertz CT molecular complexity index is 870. The van der Waals surface area contributed by atoms with E-state index >= 15 is 0 Å². The highest BCUT2D eigenvalue weighted by atomic mass is 32.2. The Morgan fingerprint density at radius 1 is 1.44 bits per heavy atom. The monoisotopic (exact) mass is 366 g/mol. The highest BCUT2D eigenvalue weighted by Crippen LogP contribution is 2.27. The van der Waals surface area contributed by atoms with E-state index < -0.39 is 15.9 Å². The third kappa shape index (κ3) is 3.87. The minimum absolute atomic E-state index is 0.0363. The molecule has 136 valence electrons. The van der Waals surface area contributed by atoms with Crippen LogP contribution in [0.1, 0.15) is 36.1 Å². The molecule has 1 saturated heterocycles. The first kappa shape index (κ1) is 17.5. The number of rotatable bonds is 3. The highest BCUT2D eigenvalue weighted by Gasteiger charge is 2.36. The number of amides is 2.